The highest BCUT2D eigenvalue weighted by atomic mass is 16.5. The van der Waals surface area contributed by atoms with Crippen molar-refractivity contribution >= 4 is 5.91 Å². The Balaban J connectivity index is 1.32. The van der Waals surface area contributed by atoms with Gasteiger partial charge in [0.1, 0.15) is 0 Å². The van der Waals surface area contributed by atoms with E-state index in [-0.39, 0.29) is 5.91 Å². The molecule has 6 heteroatoms. The molecular formula is C21H27N3O3. The summed E-state index contributed by atoms with van der Waals surface area (Å²) in [4.78, 5) is 16.7. The molecule has 27 heavy (non-hydrogen) atoms. The Bertz CT molecular complexity index is 753. The summed E-state index contributed by atoms with van der Waals surface area (Å²) in [6, 6.07) is 12.3. The van der Waals surface area contributed by atoms with Gasteiger partial charge in [0.05, 0.1) is 11.8 Å². The second-order valence-corrected chi connectivity index (χ2v) is 7.70. The van der Waals surface area contributed by atoms with Crippen LogP contribution in [-0.2, 0) is 6.54 Å². The van der Waals surface area contributed by atoms with Crippen LogP contribution in [0.15, 0.2) is 40.9 Å². The lowest BCUT2D eigenvalue weighted by atomic mass is 9.93. The van der Waals surface area contributed by atoms with Gasteiger partial charge < -0.3 is 14.5 Å². The molecule has 2 aliphatic heterocycles. The van der Waals surface area contributed by atoms with Gasteiger partial charge in [0.25, 0.3) is 5.91 Å². The summed E-state index contributed by atoms with van der Waals surface area (Å²) in [5.41, 5.74) is 2.23. The van der Waals surface area contributed by atoms with Crippen molar-refractivity contribution in [2.75, 3.05) is 26.2 Å². The van der Waals surface area contributed by atoms with Crippen LogP contribution in [0, 0.1) is 0 Å². The lowest BCUT2D eigenvalue weighted by Crippen LogP contribution is -2.42. The maximum absolute atomic E-state index is 12.6. The summed E-state index contributed by atoms with van der Waals surface area (Å²) in [5, 5.41) is 14.0. The molecule has 0 bridgehead atoms. The van der Waals surface area contributed by atoms with E-state index in [1.165, 1.54) is 5.56 Å². The van der Waals surface area contributed by atoms with Gasteiger partial charge in [-0.15, -0.1) is 0 Å². The molecular weight excluding hydrogens is 342 g/mol. The number of nitrogens with zero attached hydrogens (tertiary/aromatic N) is 3. The third kappa shape index (κ3) is 4.39. The molecule has 1 unspecified atom stereocenters. The number of aliphatic hydroxyl groups excluding tert-OH is 1. The molecule has 2 aromatic rings. The fraction of sp³-hybridized carbons (Fsp3) is 0.524. The lowest BCUT2D eigenvalue weighted by Gasteiger charge is -2.31. The van der Waals surface area contributed by atoms with Crippen molar-refractivity contribution in [2.45, 2.75) is 44.2 Å². The maximum Gasteiger partial charge on any atom is 0.292 e. The zero-order valence-electron chi connectivity index (χ0n) is 15.6. The smallest absolute Gasteiger partial charge is 0.292 e. The van der Waals surface area contributed by atoms with E-state index in [0.717, 1.165) is 51.0 Å². The monoisotopic (exact) mass is 369 g/mol. The Kier molecular flexibility index (Phi) is 5.55. The van der Waals surface area contributed by atoms with Gasteiger partial charge in [0.15, 0.2) is 0 Å². The van der Waals surface area contributed by atoms with Gasteiger partial charge in [-0.25, -0.2) is 0 Å². The Labute approximate surface area is 159 Å². The molecule has 0 radical (unpaired) electrons. The highest BCUT2D eigenvalue weighted by molar-refractivity contribution is 5.91. The maximum atomic E-state index is 12.6. The third-order valence-electron chi connectivity index (χ3n) is 5.68. The first-order valence-corrected chi connectivity index (χ1v) is 9.89. The van der Waals surface area contributed by atoms with Crippen LogP contribution in [0.3, 0.4) is 0 Å². The van der Waals surface area contributed by atoms with Gasteiger partial charge >= 0.3 is 0 Å². The molecule has 1 aromatic carbocycles. The van der Waals surface area contributed by atoms with Gasteiger partial charge in [-0.2, -0.15) is 0 Å². The molecule has 4 rings (SSSR count). The number of piperidine rings is 2. The highest BCUT2D eigenvalue weighted by Crippen LogP contribution is 2.29. The van der Waals surface area contributed by atoms with E-state index >= 15 is 0 Å². The molecule has 1 atom stereocenters. The van der Waals surface area contributed by atoms with Crippen molar-refractivity contribution in [3.8, 4) is 0 Å². The van der Waals surface area contributed by atoms with Crippen LogP contribution in [0.4, 0.5) is 0 Å². The van der Waals surface area contributed by atoms with Gasteiger partial charge in [-0.1, -0.05) is 35.5 Å². The standard InChI is InChI=1S/C21H27N3O3/c25-18-7-4-10-24(15-18)21(26)20-13-19(22-27-20)17-8-11-23(12-9-17)14-16-5-2-1-3-6-16/h1-3,5-6,13,17-18,25H,4,7-12,14-15H2. The number of rotatable bonds is 4. The van der Waals surface area contributed by atoms with Crippen molar-refractivity contribution in [3.05, 3.63) is 53.4 Å². The van der Waals surface area contributed by atoms with Crippen LogP contribution < -0.4 is 0 Å². The van der Waals surface area contributed by atoms with Crippen LogP contribution in [0.25, 0.3) is 0 Å². The zero-order chi connectivity index (χ0) is 18.6. The summed E-state index contributed by atoms with van der Waals surface area (Å²) < 4.78 is 5.35. The van der Waals surface area contributed by atoms with Crippen molar-refractivity contribution in [1.82, 2.24) is 15.0 Å². The predicted octanol–water partition coefficient (Wildman–Crippen LogP) is 2.65. The predicted molar refractivity (Wildman–Crippen MR) is 101 cm³/mol. The lowest BCUT2D eigenvalue weighted by molar-refractivity contribution is 0.0441. The largest absolute Gasteiger partial charge is 0.391 e. The van der Waals surface area contributed by atoms with E-state index < -0.39 is 6.10 Å². The van der Waals surface area contributed by atoms with Crippen molar-refractivity contribution < 1.29 is 14.4 Å². The average Bonchev–Trinajstić information content (AvgIpc) is 3.19. The van der Waals surface area contributed by atoms with Gasteiger partial charge in [0, 0.05) is 31.6 Å². The Morgan fingerprint density at radius 1 is 1.15 bits per heavy atom. The summed E-state index contributed by atoms with van der Waals surface area (Å²) in [6.07, 6.45) is 3.20. The number of likely N-dealkylation sites (tertiary alicyclic amines) is 2. The van der Waals surface area contributed by atoms with Crippen molar-refractivity contribution in [3.63, 3.8) is 0 Å². The van der Waals surface area contributed by atoms with E-state index in [1.54, 1.807) is 11.0 Å². The number of hydrogen-bond donors (Lipinski definition) is 1. The quantitative estimate of drug-likeness (QED) is 0.897. The molecule has 1 N–H and O–H groups in total. The molecule has 2 aliphatic rings. The van der Waals surface area contributed by atoms with E-state index in [2.05, 4.69) is 34.3 Å². The van der Waals surface area contributed by atoms with Gasteiger partial charge in [-0.05, 0) is 44.3 Å². The molecule has 6 nitrogen and oxygen atoms in total. The van der Waals surface area contributed by atoms with Crippen molar-refractivity contribution in [2.24, 2.45) is 0 Å². The summed E-state index contributed by atoms with van der Waals surface area (Å²) >= 11 is 0. The molecule has 2 saturated heterocycles. The Morgan fingerprint density at radius 2 is 1.93 bits per heavy atom. The first-order chi connectivity index (χ1) is 13.2. The van der Waals surface area contributed by atoms with Gasteiger partial charge in [0.2, 0.25) is 5.76 Å². The first-order valence-electron chi connectivity index (χ1n) is 9.89. The van der Waals surface area contributed by atoms with Crippen LogP contribution in [0.1, 0.15) is 53.4 Å². The van der Waals surface area contributed by atoms with Crippen LogP contribution in [0.2, 0.25) is 0 Å². The molecule has 0 aliphatic carbocycles. The Morgan fingerprint density at radius 3 is 2.67 bits per heavy atom. The topological polar surface area (TPSA) is 69.8 Å². The molecule has 0 spiro atoms. The zero-order valence-corrected chi connectivity index (χ0v) is 15.6. The molecule has 3 heterocycles. The number of hydrogen-bond acceptors (Lipinski definition) is 5. The minimum Gasteiger partial charge on any atom is -0.391 e. The van der Waals surface area contributed by atoms with Crippen LogP contribution in [0.5, 0.6) is 0 Å². The van der Waals surface area contributed by atoms with E-state index in [0.29, 0.717) is 24.8 Å². The first kappa shape index (κ1) is 18.2. The second kappa shape index (κ2) is 8.23. The number of amides is 1. The van der Waals surface area contributed by atoms with E-state index in [1.807, 2.05) is 6.07 Å². The number of aromatic nitrogens is 1. The molecule has 1 amide bonds. The van der Waals surface area contributed by atoms with E-state index in [4.69, 9.17) is 4.52 Å². The summed E-state index contributed by atoms with van der Waals surface area (Å²) in [6.45, 7) is 4.08. The SMILES string of the molecule is O=C(c1cc(C2CCN(Cc3ccccc3)CC2)no1)N1CCCC(O)C1. The molecule has 144 valence electrons. The van der Waals surface area contributed by atoms with Crippen molar-refractivity contribution in [1.29, 1.82) is 0 Å². The molecule has 0 saturated carbocycles. The number of carbonyl (C=O) groups excluding carboxylic acids is 1. The molecule has 2 fully saturated rings. The average molecular weight is 369 g/mol. The van der Waals surface area contributed by atoms with E-state index in [9.17, 15) is 9.90 Å². The number of carbonyl (C=O) groups is 1. The minimum atomic E-state index is -0.431. The fourth-order valence-electron chi connectivity index (χ4n) is 4.11. The number of β-amino-alcohol motifs (C(OH)–C–C–N with tert-alkyl or cyclic N) is 1. The molecule has 1 aromatic heterocycles. The van der Waals surface area contributed by atoms with Crippen LogP contribution >= 0.6 is 0 Å². The number of aliphatic hydroxyl groups is 1. The highest BCUT2D eigenvalue weighted by Gasteiger charge is 2.28. The minimum absolute atomic E-state index is 0.158. The number of benzene rings is 1. The normalized spacial score (nSPS) is 22.1. The summed E-state index contributed by atoms with van der Waals surface area (Å²) in [7, 11) is 0. The van der Waals surface area contributed by atoms with Gasteiger partial charge in [-0.3, -0.25) is 9.69 Å². The summed E-state index contributed by atoms with van der Waals surface area (Å²) in [5.74, 6) is 0.481. The fourth-order valence-corrected chi connectivity index (χ4v) is 4.11. The Hall–Kier alpha value is -2.18. The second-order valence-electron chi connectivity index (χ2n) is 7.70. The third-order valence-corrected chi connectivity index (χ3v) is 5.68. The van der Waals surface area contributed by atoms with Crippen LogP contribution in [-0.4, -0.2) is 58.3 Å².